The second-order valence-electron chi connectivity index (χ2n) is 4.93. The van der Waals surface area contributed by atoms with Crippen molar-refractivity contribution in [2.45, 2.75) is 20.5 Å². The van der Waals surface area contributed by atoms with Gasteiger partial charge in [0.2, 0.25) is 0 Å². The lowest BCUT2D eigenvalue weighted by Gasteiger charge is -2.09. The number of carbonyl (C=O) groups excluding carboxylic acids is 1. The highest BCUT2D eigenvalue weighted by molar-refractivity contribution is 6.43. The van der Waals surface area contributed by atoms with Crippen LogP contribution >= 0.6 is 23.2 Å². The lowest BCUT2D eigenvalue weighted by Crippen LogP contribution is -2.06. The van der Waals surface area contributed by atoms with Crippen LogP contribution < -0.4 is 5.73 Å². The summed E-state index contributed by atoms with van der Waals surface area (Å²) >= 11 is 11.8. The van der Waals surface area contributed by atoms with E-state index in [1.807, 2.05) is 26.0 Å². The number of hydrogen-bond donors (Lipinski definition) is 1. The van der Waals surface area contributed by atoms with E-state index in [2.05, 4.69) is 6.07 Å². The number of nitrogens with two attached hydrogens (primary N) is 1. The van der Waals surface area contributed by atoms with E-state index < -0.39 is 5.97 Å². The lowest BCUT2D eigenvalue weighted by molar-refractivity contribution is 0.0472. The Morgan fingerprint density at radius 1 is 1.10 bits per heavy atom. The Balaban J connectivity index is 2.11. The van der Waals surface area contributed by atoms with Gasteiger partial charge in [0.1, 0.15) is 6.61 Å². The fourth-order valence-electron chi connectivity index (χ4n) is 2.11. The highest BCUT2D eigenvalue weighted by Gasteiger charge is 2.12. The summed E-state index contributed by atoms with van der Waals surface area (Å²) in [4.78, 5) is 12.0. The Morgan fingerprint density at radius 3 is 2.29 bits per heavy atom. The van der Waals surface area contributed by atoms with Gasteiger partial charge in [0.25, 0.3) is 0 Å². The van der Waals surface area contributed by atoms with E-state index in [-0.39, 0.29) is 27.9 Å². The zero-order valence-electron chi connectivity index (χ0n) is 11.7. The summed E-state index contributed by atoms with van der Waals surface area (Å²) in [6, 6.07) is 8.92. The van der Waals surface area contributed by atoms with Crippen LogP contribution in [-0.4, -0.2) is 5.97 Å². The maximum Gasteiger partial charge on any atom is 0.338 e. The Labute approximate surface area is 133 Å². The fourth-order valence-corrected chi connectivity index (χ4v) is 2.45. The molecule has 2 aromatic carbocycles. The van der Waals surface area contributed by atoms with Gasteiger partial charge >= 0.3 is 5.97 Å². The average Bonchev–Trinajstić information content (AvgIpc) is 2.40. The molecule has 2 rings (SSSR count). The first-order chi connectivity index (χ1) is 9.86. The molecule has 0 bridgehead atoms. The van der Waals surface area contributed by atoms with Gasteiger partial charge in [-0.25, -0.2) is 4.79 Å². The molecule has 0 radical (unpaired) electrons. The van der Waals surface area contributed by atoms with Crippen molar-refractivity contribution >= 4 is 34.9 Å². The molecule has 0 aliphatic carbocycles. The van der Waals surface area contributed by atoms with Crippen molar-refractivity contribution < 1.29 is 9.53 Å². The van der Waals surface area contributed by atoms with Crippen molar-refractivity contribution in [1.82, 2.24) is 0 Å². The van der Waals surface area contributed by atoms with Gasteiger partial charge in [0.05, 0.1) is 21.3 Å². The van der Waals surface area contributed by atoms with E-state index >= 15 is 0 Å². The molecule has 0 aliphatic heterocycles. The third-order valence-electron chi connectivity index (χ3n) is 2.94. The Morgan fingerprint density at radius 2 is 1.71 bits per heavy atom. The van der Waals surface area contributed by atoms with Gasteiger partial charge in [-0.3, -0.25) is 0 Å². The third-order valence-corrected chi connectivity index (χ3v) is 3.76. The minimum atomic E-state index is -0.487. The molecule has 0 atom stereocenters. The van der Waals surface area contributed by atoms with E-state index in [0.717, 1.165) is 16.7 Å². The largest absolute Gasteiger partial charge is 0.457 e. The topological polar surface area (TPSA) is 52.3 Å². The van der Waals surface area contributed by atoms with Gasteiger partial charge in [-0.15, -0.1) is 0 Å². The highest BCUT2D eigenvalue weighted by atomic mass is 35.5. The van der Waals surface area contributed by atoms with Gasteiger partial charge in [0.15, 0.2) is 0 Å². The molecule has 21 heavy (non-hydrogen) atoms. The molecule has 3 nitrogen and oxygen atoms in total. The van der Waals surface area contributed by atoms with Crippen LogP contribution in [0.25, 0.3) is 0 Å². The minimum absolute atomic E-state index is 0.196. The van der Waals surface area contributed by atoms with Crippen LogP contribution in [0.4, 0.5) is 5.69 Å². The molecule has 0 unspecified atom stereocenters. The summed E-state index contributed by atoms with van der Waals surface area (Å²) in [6.45, 7) is 4.19. The molecule has 0 saturated carbocycles. The highest BCUT2D eigenvalue weighted by Crippen LogP contribution is 2.29. The molecule has 110 valence electrons. The smallest absolute Gasteiger partial charge is 0.338 e. The van der Waals surface area contributed by atoms with Crippen LogP contribution in [0.2, 0.25) is 10.0 Å². The summed E-state index contributed by atoms with van der Waals surface area (Å²) in [5, 5.41) is 0.470. The molecule has 2 N–H and O–H groups in total. The standard InChI is InChI=1S/C16H15Cl2NO2/c1-9-3-10(2)5-11(4-9)8-21-16(20)12-6-13(17)15(18)14(19)7-12/h3-7H,8,19H2,1-2H3. The molecular formula is C16H15Cl2NO2. The maximum absolute atomic E-state index is 12.0. The first-order valence-corrected chi connectivity index (χ1v) is 7.11. The van der Waals surface area contributed by atoms with Gasteiger partial charge in [0, 0.05) is 0 Å². The second-order valence-corrected chi connectivity index (χ2v) is 5.72. The van der Waals surface area contributed by atoms with E-state index in [1.54, 1.807) is 0 Å². The maximum atomic E-state index is 12.0. The predicted octanol–water partition coefficient (Wildman–Crippen LogP) is 4.55. The summed E-state index contributed by atoms with van der Waals surface area (Å²) in [6.07, 6.45) is 0. The van der Waals surface area contributed by atoms with Crippen LogP contribution in [0, 0.1) is 13.8 Å². The van der Waals surface area contributed by atoms with Crippen molar-refractivity contribution in [2.75, 3.05) is 5.73 Å². The zero-order chi connectivity index (χ0) is 15.6. The van der Waals surface area contributed by atoms with E-state index in [1.165, 1.54) is 12.1 Å². The number of carbonyl (C=O) groups is 1. The second kappa shape index (κ2) is 6.37. The quantitative estimate of drug-likeness (QED) is 0.666. The first-order valence-electron chi connectivity index (χ1n) is 6.35. The van der Waals surface area contributed by atoms with Crippen LogP contribution in [0.5, 0.6) is 0 Å². The molecular weight excluding hydrogens is 309 g/mol. The SMILES string of the molecule is Cc1cc(C)cc(COC(=O)c2cc(N)c(Cl)c(Cl)c2)c1. The van der Waals surface area contributed by atoms with Crippen molar-refractivity contribution in [3.05, 3.63) is 62.6 Å². The number of halogens is 2. The van der Waals surface area contributed by atoms with Crippen molar-refractivity contribution in [1.29, 1.82) is 0 Å². The monoisotopic (exact) mass is 323 g/mol. The molecule has 2 aromatic rings. The number of aryl methyl sites for hydroxylation is 2. The normalized spacial score (nSPS) is 10.5. The Hall–Kier alpha value is -1.71. The zero-order valence-corrected chi connectivity index (χ0v) is 13.3. The lowest BCUT2D eigenvalue weighted by atomic mass is 10.1. The van der Waals surface area contributed by atoms with Crippen molar-refractivity contribution in [3.63, 3.8) is 0 Å². The molecule has 0 spiro atoms. The van der Waals surface area contributed by atoms with E-state index in [4.69, 9.17) is 33.7 Å². The van der Waals surface area contributed by atoms with Crippen LogP contribution in [-0.2, 0) is 11.3 Å². The number of hydrogen-bond acceptors (Lipinski definition) is 3. The number of anilines is 1. The summed E-state index contributed by atoms with van der Waals surface area (Å²) in [5.74, 6) is -0.487. The van der Waals surface area contributed by atoms with Crippen molar-refractivity contribution in [2.24, 2.45) is 0 Å². The van der Waals surface area contributed by atoms with Crippen molar-refractivity contribution in [3.8, 4) is 0 Å². The van der Waals surface area contributed by atoms with Gasteiger partial charge < -0.3 is 10.5 Å². The fraction of sp³-hybridized carbons (Fsp3) is 0.188. The molecule has 0 fully saturated rings. The summed E-state index contributed by atoms with van der Waals surface area (Å²) in [7, 11) is 0. The molecule has 0 heterocycles. The first kappa shape index (κ1) is 15.7. The van der Waals surface area contributed by atoms with E-state index in [0.29, 0.717) is 0 Å². The number of nitrogen functional groups attached to an aromatic ring is 1. The van der Waals surface area contributed by atoms with Crippen LogP contribution in [0.1, 0.15) is 27.0 Å². The third kappa shape index (κ3) is 3.90. The number of rotatable bonds is 3. The Bertz CT molecular complexity index is 655. The van der Waals surface area contributed by atoms with Gasteiger partial charge in [-0.05, 0) is 31.5 Å². The minimum Gasteiger partial charge on any atom is -0.457 e. The molecule has 0 aliphatic rings. The molecule has 5 heteroatoms. The number of ether oxygens (including phenoxy) is 1. The van der Waals surface area contributed by atoms with Gasteiger partial charge in [-0.2, -0.15) is 0 Å². The molecule has 0 aromatic heterocycles. The van der Waals surface area contributed by atoms with Gasteiger partial charge in [-0.1, -0.05) is 52.5 Å². The molecule has 0 amide bonds. The Kier molecular flexibility index (Phi) is 4.76. The van der Waals surface area contributed by atoms with Crippen LogP contribution in [0.3, 0.4) is 0 Å². The van der Waals surface area contributed by atoms with E-state index in [9.17, 15) is 4.79 Å². The number of esters is 1. The summed E-state index contributed by atoms with van der Waals surface area (Å²) < 4.78 is 5.28. The average molecular weight is 324 g/mol. The van der Waals surface area contributed by atoms with Crippen LogP contribution in [0.15, 0.2) is 30.3 Å². The molecule has 0 saturated heterocycles. The summed E-state index contributed by atoms with van der Waals surface area (Å²) in [5.41, 5.74) is 9.41. The number of benzene rings is 2. The predicted molar refractivity (Wildman–Crippen MR) is 85.9 cm³/mol.